The first-order valence-electron chi connectivity index (χ1n) is 11.7. The highest BCUT2D eigenvalue weighted by molar-refractivity contribution is 6.99. The van der Waals surface area contributed by atoms with Crippen LogP contribution in [0.25, 0.3) is 0 Å². The van der Waals surface area contributed by atoms with Crippen LogP contribution >= 0.6 is 0 Å². The molecule has 7 heteroatoms. The monoisotopic (exact) mass is 498 g/mol. The fraction of sp³-hybridized carbons (Fsp3) is 0.321. The average molecular weight is 499 g/mol. The first kappa shape index (κ1) is 25.2. The SMILES string of the molecule is CC(C)(C)[Si](OC1CCc2cccc(OC(=O)C(F)(F)F)c2C1)(c1ccccc1)c1ccccc1. The maximum Gasteiger partial charge on any atom is 0.491 e. The van der Waals surface area contributed by atoms with Crippen LogP contribution in [0.4, 0.5) is 13.2 Å². The van der Waals surface area contributed by atoms with Gasteiger partial charge < -0.3 is 9.16 Å². The van der Waals surface area contributed by atoms with Gasteiger partial charge in [0.2, 0.25) is 0 Å². The molecular weight excluding hydrogens is 469 g/mol. The minimum absolute atomic E-state index is 0.0411. The van der Waals surface area contributed by atoms with Gasteiger partial charge in [-0.15, -0.1) is 0 Å². The maximum absolute atomic E-state index is 12.9. The first-order valence-corrected chi connectivity index (χ1v) is 13.6. The van der Waals surface area contributed by atoms with Gasteiger partial charge in [0.1, 0.15) is 5.75 Å². The number of hydrogen-bond donors (Lipinski definition) is 0. The molecule has 3 aromatic carbocycles. The number of halogens is 3. The van der Waals surface area contributed by atoms with Gasteiger partial charge in [-0.05, 0) is 39.9 Å². The van der Waals surface area contributed by atoms with Crippen LogP contribution in [0.5, 0.6) is 5.75 Å². The molecule has 0 bridgehead atoms. The second-order valence-electron chi connectivity index (χ2n) is 9.93. The summed E-state index contributed by atoms with van der Waals surface area (Å²) >= 11 is 0. The van der Waals surface area contributed by atoms with Crippen molar-refractivity contribution in [3.8, 4) is 5.75 Å². The lowest BCUT2D eigenvalue weighted by Crippen LogP contribution is -2.68. The van der Waals surface area contributed by atoms with Gasteiger partial charge in [-0.2, -0.15) is 13.2 Å². The minimum Gasteiger partial charge on any atom is -0.420 e. The lowest BCUT2D eigenvalue weighted by Gasteiger charge is -2.46. The molecule has 0 saturated carbocycles. The number of esters is 1. The summed E-state index contributed by atoms with van der Waals surface area (Å²) in [6, 6.07) is 25.4. The molecule has 4 rings (SSSR count). The van der Waals surface area contributed by atoms with Gasteiger partial charge in [-0.3, -0.25) is 0 Å². The van der Waals surface area contributed by atoms with Crippen LogP contribution in [0.2, 0.25) is 5.04 Å². The third-order valence-electron chi connectivity index (χ3n) is 6.59. The highest BCUT2D eigenvalue weighted by Gasteiger charge is 2.51. The van der Waals surface area contributed by atoms with Crippen LogP contribution in [0.3, 0.4) is 0 Å². The largest absolute Gasteiger partial charge is 0.491 e. The summed E-state index contributed by atoms with van der Waals surface area (Å²) in [6.07, 6.45) is -3.55. The standard InChI is InChI=1S/C28H29F3O3Si/c1-27(2,3)35(22-12-6-4-7-13-22,23-14-8-5-9-15-23)34-21-18-17-20-11-10-16-25(24(20)19-21)33-26(32)28(29,30)31/h4-16,21H,17-19H2,1-3H3. The molecule has 0 aliphatic heterocycles. The van der Waals surface area contributed by atoms with Crippen molar-refractivity contribution in [1.82, 2.24) is 0 Å². The Morgan fingerprint density at radius 3 is 1.94 bits per heavy atom. The topological polar surface area (TPSA) is 35.5 Å². The molecule has 0 aromatic heterocycles. The molecule has 0 fully saturated rings. The molecule has 0 saturated heterocycles. The quantitative estimate of drug-likeness (QED) is 0.261. The molecular formula is C28H29F3O3Si. The number of carbonyl (C=O) groups excluding carboxylic acids is 1. The second kappa shape index (κ2) is 9.63. The van der Waals surface area contributed by atoms with Gasteiger partial charge in [0.25, 0.3) is 8.32 Å². The molecule has 3 nitrogen and oxygen atoms in total. The van der Waals surface area contributed by atoms with Gasteiger partial charge in [-0.1, -0.05) is 93.6 Å². The number of hydrogen-bond acceptors (Lipinski definition) is 3. The van der Waals surface area contributed by atoms with E-state index in [1.54, 1.807) is 6.07 Å². The van der Waals surface area contributed by atoms with E-state index in [-0.39, 0.29) is 16.9 Å². The molecule has 3 aromatic rings. The molecule has 0 amide bonds. The van der Waals surface area contributed by atoms with Crippen molar-refractivity contribution in [3.05, 3.63) is 90.0 Å². The smallest absolute Gasteiger partial charge is 0.420 e. The zero-order chi connectivity index (χ0) is 25.3. The summed E-state index contributed by atoms with van der Waals surface area (Å²) in [4.78, 5) is 11.6. The van der Waals surface area contributed by atoms with Crippen molar-refractivity contribution in [2.24, 2.45) is 0 Å². The number of rotatable bonds is 5. The number of fused-ring (bicyclic) bond motifs is 1. The normalized spacial score (nSPS) is 16.5. The lowest BCUT2D eigenvalue weighted by atomic mass is 9.89. The maximum atomic E-state index is 12.9. The van der Waals surface area contributed by atoms with Crippen molar-refractivity contribution in [2.75, 3.05) is 0 Å². The number of carbonyl (C=O) groups is 1. The number of aryl methyl sites for hydroxylation is 1. The Morgan fingerprint density at radius 1 is 0.857 bits per heavy atom. The molecule has 0 spiro atoms. The Morgan fingerprint density at radius 2 is 1.43 bits per heavy atom. The van der Waals surface area contributed by atoms with E-state index in [4.69, 9.17) is 9.16 Å². The van der Waals surface area contributed by atoms with E-state index in [0.29, 0.717) is 18.4 Å². The molecule has 0 radical (unpaired) electrons. The van der Waals surface area contributed by atoms with Crippen LogP contribution in [-0.4, -0.2) is 26.6 Å². The van der Waals surface area contributed by atoms with Crippen molar-refractivity contribution in [3.63, 3.8) is 0 Å². The van der Waals surface area contributed by atoms with Crippen LogP contribution in [0.15, 0.2) is 78.9 Å². The third-order valence-corrected chi connectivity index (χ3v) is 11.7. The van der Waals surface area contributed by atoms with Crippen LogP contribution in [-0.2, 0) is 22.1 Å². The Bertz CT molecular complexity index is 1130. The van der Waals surface area contributed by atoms with E-state index in [1.165, 1.54) is 6.07 Å². The molecule has 1 atom stereocenters. The molecule has 0 heterocycles. The fourth-order valence-electron chi connectivity index (χ4n) is 5.02. The predicted molar refractivity (Wildman–Crippen MR) is 133 cm³/mol. The first-order chi connectivity index (χ1) is 16.5. The lowest BCUT2D eigenvalue weighted by molar-refractivity contribution is -0.189. The highest BCUT2D eigenvalue weighted by atomic mass is 28.4. The van der Waals surface area contributed by atoms with E-state index in [2.05, 4.69) is 45.0 Å². The Labute approximate surface area is 205 Å². The summed E-state index contributed by atoms with van der Waals surface area (Å²) in [5, 5.41) is 2.06. The zero-order valence-corrected chi connectivity index (χ0v) is 21.1. The van der Waals surface area contributed by atoms with Crippen LogP contribution in [0, 0.1) is 0 Å². The van der Waals surface area contributed by atoms with Crippen molar-refractivity contribution in [2.45, 2.75) is 57.4 Å². The van der Waals surface area contributed by atoms with E-state index < -0.39 is 20.5 Å². The summed E-state index contributed by atoms with van der Waals surface area (Å²) < 4.78 is 50.6. The van der Waals surface area contributed by atoms with Gasteiger partial charge >= 0.3 is 12.1 Å². The molecule has 184 valence electrons. The number of benzene rings is 3. The number of ether oxygens (including phenoxy) is 1. The third kappa shape index (κ3) is 5.06. The van der Waals surface area contributed by atoms with Gasteiger partial charge in [0, 0.05) is 12.0 Å². The Kier molecular flexibility index (Phi) is 6.93. The van der Waals surface area contributed by atoms with Crippen molar-refractivity contribution in [1.29, 1.82) is 0 Å². The van der Waals surface area contributed by atoms with E-state index in [1.807, 2.05) is 42.5 Å². The van der Waals surface area contributed by atoms with Gasteiger partial charge in [0.05, 0.1) is 6.10 Å². The highest BCUT2D eigenvalue weighted by Crippen LogP contribution is 2.40. The van der Waals surface area contributed by atoms with Crippen LogP contribution < -0.4 is 15.1 Å². The zero-order valence-electron chi connectivity index (χ0n) is 20.1. The van der Waals surface area contributed by atoms with Crippen molar-refractivity contribution < 1.29 is 27.1 Å². The van der Waals surface area contributed by atoms with E-state index in [0.717, 1.165) is 22.4 Å². The number of alkyl halides is 3. The summed E-state index contributed by atoms with van der Waals surface area (Å²) in [6.45, 7) is 6.56. The molecule has 1 unspecified atom stereocenters. The average Bonchev–Trinajstić information content (AvgIpc) is 2.82. The fourth-order valence-corrected chi connectivity index (χ4v) is 9.73. The molecule has 1 aliphatic carbocycles. The minimum atomic E-state index is -5.05. The van der Waals surface area contributed by atoms with Crippen molar-refractivity contribution >= 4 is 24.7 Å². The van der Waals surface area contributed by atoms with Gasteiger partial charge in [0.15, 0.2) is 0 Å². The van der Waals surface area contributed by atoms with Gasteiger partial charge in [-0.25, -0.2) is 4.79 Å². The molecule has 0 N–H and O–H groups in total. The Hall–Kier alpha value is -2.90. The van der Waals surface area contributed by atoms with Crippen LogP contribution in [0.1, 0.15) is 38.3 Å². The second-order valence-corrected chi connectivity index (χ2v) is 14.2. The summed E-state index contributed by atoms with van der Waals surface area (Å²) in [5.41, 5.74) is 1.50. The van der Waals surface area contributed by atoms with E-state index >= 15 is 0 Å². The van der Waals surface area contributed by atoms with E-state index in [9.17, 15) is 18.0 Å². The Balaban J connectivity index is 1.74. The molecule has 1 aliphatic rings. The summed E-state index contributed by atoms with van der Waals surface area (Å²) in [5.74, 6) is -2.25. The summed E-state index contributed by atoms with van der Waals surface area (Å²) in [7, 11) is -2.83. The molecule has 35 heavy (non-hydrogen) atoms. The predicted octanol–water partition coefficient (Wildman–Crippen LogP) is 5.59.